The van der Waals surface area contributed by atoms with Gasteiger partial charge in [-0.05, 0) is 24.6 Å². The molecule has 0 bridgehead atoms. The van der Waals surface area contributed by atoms with Crippen molar-refractivity contribution in [2.24, 2.45) is 0 Å². The van der Waals surface area contributed by atoms with Crippen LogP contribution >= 0.6 is 0 Å². The number of benzene rings is 2. The molecule has 0 heterocycles. The number of ketones is 1. The lowest BCUT2D eigenvalue weighted by molar-refractivity contribution is 0.101. The highest BCUT2D eigenvalue weighted by molar-refractivity contribution is 5.95. The average molecular weight is 285 g/mol. The first-order valence-corrected chi connectivity index (χ1v) is 6.85. The van der Waals surface area contributed by atoms with Crippen molar-refractivity contribution in [1.29, 1.82) is 0 Å². The summed E-state index contributed by atoms with van der Waals surface area (Å²) in [7, 11) is 0. The summed E-state index contributed by atoms with van der Waals surface area (Å²) >= 11 is 0. The fraction of sp³-hybridized carbons (Fsp3) is 0.235. The van der Waals surface area contributed by atoms with Crippen LogP contribution in [0.15, 0.2) is 48.5 Å². The Balaban J connectivity index is 2.31. The molecular weight excluding hydrogens is 266 g/mol. The highest BCUT2D eigenvalue weighted by Gasteiger charge is 2.08. The number of hydrogen-bond acceptors (Lipinski definition) is 4. The Morgan fingerprint density at radius 2 is 1.95 bits per heavy atom. The van der Waals surface area contributed by atoms with Crippen molar-refractivity contribution in [3.8, 4) is 11.1 Å². The summed E-state index contributed by atoms with van der Waals surface area (Å²) in [6, 6.07) is 15.1. The van der Waals surface area contributed by atoms with E-state index in [2.05, 4.69) is 5.32 Å². The van der Waals surface area contributed by atoms with Crippen LogP contribution in [-0.4, -0.2) is 35.3 Å². The van der Waals surface area contributed by atoms with Gasteiger partial charge in [-0.3, -0.25) is 4.79 Å². The Kier molecular flexibility index (Phi) is 5.09. The van der Waals surface area contributed by atoms with Crippen LogP contribution in [0.25, 0.3) is 11.1 Å². The molecule has 4 heteroatoms. The van der Waals surface area contributed by atoms with E-state index in [0.29, 0.717) is 5.56 Å². The van der Waals surface area contributed by atoms with Crippen molar-refractivity contribution >= 4 is 11.5 Å². The molecule has 0 spiro atoms. The number of nitrogens with one attached hydrogen (secondary N) is 1. The van der Waals surface area contributed by atoms with Crippen LogP contribution in [0.2, 0.25) is 0 Å². The topological polar surface area (TPSA) is 69.6 Å². The zero-order chi connectivity index (χ0) is 15.2. The molecule has 1 atom stereocenters. The van der Waals surface area contributed by atoms with Crippen LogP contribution in [0.3, 0.4) is 0 Å². The zero-order valence-corrected chi connectivity index (χ0v) is 11.9. The number of hydrogen-bond donors (Lipinski definition) is 3. The minimum atomic E-state index is -0.804. The second-order valence-electron chi connectivity index (χ2n) is 4.90. The molecule has 0 aliphatic heterocycles. The molecule has 0 aromatic heterocycles. The van der Waals surface area contributed by atoms with E-state index in [-0.39, 0.29) is 18.9 Å². The molecular formula is C17H19NO3. The van der Waals surface area contributed by atoms with Gasteiger partial charge in [0.25, 0.3) is 0 Å². The highest BCUT2D eigenvalue weighted by atomic mass is 16.3. The Hall–Kier alpha value is -2.17. The number of Topliss-reactive ketones (excluding diaryl/α,β-unsaturated/α-hetero) is 1. The summed E-state index contributed by atoms with van der Waals surface area (Å²) in [6.07, 6.45) is -0.804. The molecule has 0 saturated carbocycles. The smallest absolute Gasteiger partial charge is 0.159 e. The Morgan fingerprint density at radius 3 is 2.67 bits per heavy atom. The number of aliphatic hydroxyl groups excluding tert-OH is 2. The molecule has 1 unspecified atom stereocenters. The molecule has 2 aromatic carbocycles. The number of aliphatic hydroxyl groups is 2. The van der Waals surface area contributed by atoms with Crippen LogP contribution < -0.4 is 5.32 Å². The predicted molar refractivity (Wildman–Crippen MR) is 83.5 cm³/mol. The maximum atomic E-state index is 11.5. The molecule has 0 radical (unpaired) electrons. The van der Waals surface area contributed by atoms with Crippen molar-refractivity contribution in [3.05, 3.63) is 54.1 Å². The second kappa shape index (κ2) is 7.02. The zero-order valence-electron chi connectivity index (χ0n) is 11.9. The summed E-state index contributed by atoms with van der Waals surface area (Å²) in [6.45, 7) is 1.52. The largest absolute Gasteiger partial charge is 0.394 e. The Labute approximate surface area is 124 Å². The fourth-order valence-electron chi connectivity index (χ4n) is 2.09. The first-order chi connectivity index (χ1) is 10.1. The highest BCUT2D eigenvalue weighted by Crippen LogP contribution is 2.28. The van der Waals surface area contributed by atoms with Gasteiger partial charge in [-0.1, -0.05) is 36.4 Å². The van der Waals surface area contributed by atoms with Gasteiger partial charge in [0.2, 0.25) is 0 Å². The fourth-order valence-corrected chi connectivity index (χ4v) is 2.09. The van der Waals surface area contributed by atoms with Crippen LogP contribution in [0.1, 0.15) is 17.3 Å². The van der Waals surface area contributed by atoms with E-state index in [1.165, 1.54) is 0 Å². The Bertz CT molecular complexity index is 625. The summed E-state index contributed by atoms with van der Waals surface area (Å²) in [4.78, 5) is 11.5. The van der Waals surface area contributed by atoms with E-state index in [1.807, 2.05) is 42.5 Å². The monoisotopic (exact) mass is 285 g/mol. The van der Waals surface area contributed by atoms with Crippen LogP contribution in [-0.2, 0) is 0 Å². The molecule has 0 aliphatic rings. The summed E-state index contributed by atoms with van der Waals surface area (Å²) in [5, 5.41) is 21.4. The predicted octanol–water partition coefficient (Wildman–Crippen LogP) is 2.32. The van der Waals surface area contributed by atoms with E-state index in [1.54, 1.807) is 13.0 Å². The van der Waals surface area contributed by atoms with Crippen molar-refractivity contribution in [3.63, 3.8) is 0 Å². The average Bonchev–Trinajstić information content (AvgIpc) is 2.53. The third kappa shape index (κ3) is 3.90. The van der Waals surface area contributed by atoms with Crippen LogP contribution in [0, 0.1) is 0 Å². The molecule has 0 aliphatic carbocycles. The van der Waals surface area contributed by atoms with Crippen LogP contribution in [0.5, 0.6) is 0 Å². The normalized spacial score (nSPS) is 12.0. The van der Waals surface area contributed by atoms with Crippen molar-refractivity contribution in [2.45, 2.75) is 13.0 Å². The van der Waals surface area contributed by atoms with Crippen molar-refractivity contribution in [1.82, 2.24) is 0 Å². The SMILES string of the molecule is CC(=O)c1cccc(-c2ccccc2NCC(O)CO)c1. The first kappa shape index (κ1) is 15.2. The van der Waals surface area contributed by atoms with Gasteiger partial charge in [0.15, 0.2) is 5.78 Å². The third-order valence-corrected chi connectivity index (χ3v) is 3.25. The molecule has 0 amide bonds. The van der Waals surface area contributed by atoms with Gasteiger partial charge in [-0.15, -0.1) is 0 Å². The van der Waals surface area contributed by atoms with Gasteiger partial charge in [0.05, 0.1) is 12.7 Å². The van der Waals surface area contributed by atoms with Gasteiger partial charge < -0.3 is 15.5 Å². The van der Waals surface area contributed by atoms with E-state index < -0.39 is 6.10 Å². The van der Waals surface area contributed by atoms with Gasteiger partial charge in [0, 0.05) is 23.4 Å². The first-order valence-electron chi connectivity index (χ1n) is 6.85. The minimum Gasteiger partial charge on any atom is -0.394 e. The number of para-hydroxylation sites is 1. The number of rotatable bonds is 6. The quantitative estimate of drug-likeness (QED) is 0.712. The maximum Gasteiger partial charge on any atom is 0.159 e. The minimum absolute atomic E-state index is 0.0259. The molecule has 2 rings (SSSR count). The number of carbonyl (C=O) groups is 1. The summed E-state index contributed by atoms with van der Waals surface area (Å²) < 4.78 is 0. The lowest BCUT2D eigenvalue weighted by Crippen LogP contribution is -2.23. The van der Waals surface area contributed by atoms with E-state index in [0.717, 1.165) is 16.8 Å². The molecule has 0 saturated heterocycles. The van der Waals surface area contributed by atoms with Gasteiger partial charge in [-0.25, -0.2) is 0 Å². The number of anilines is 1. The standard InChI is InChI=1S/C17H19NO3/c1-12(20)13-5-4-6-14(9-13)16-7-2-3-8-17(16)18-10-15(21)11-19/h2-9,15,18-19,21H,10-11H2,1H3. The van der Waals surface area contributed by atoms with Gasteiger partial charge in [0.1, 0.15) is 0 Å². The van der Waals surface area contributed by atoms with E-state index >= 15 is 0 Å². The number of carbonyl (C=O) groups excluding carboxylic acids is 1. The van der Waals surface area contributed by atoms with Crippen molar-refractivity contribution in [2.75, 3.05) is 18.5 Å². The van der Waals surface area contributed by atoms with Crippen molar-refractivity contribution < 1.29 is 15.0 Å². The van der Waals surface area contributed by atoms with E-state index in [9.17, 15) is 9.90 Å². The van der Waals surface area contributed by atoms with Gasteiger partial charge >= 0.3 is 0 Å². The molecule has 2 aromatic rings. The summed E-state index contributed by atoms with van der Waals surface area (Å²) in [5.41, 5.74) is 3.40. The molecule has 21 heavy (non-hydrogen) atoms. The maximum absolute atomic E-state index is 11.5. The molecule has 110 valence electrons. The van der Waals surface area contributed by atoms with E-state index in [4.69, 9.17) is 5.11 Å². The molecule has 3 N–H and O–H groups in total. The van der Waals surface area contributed by atoms with Crippen LogP contribution in [0.4, 0.5) is 5.69 Å². The van der Waals surface area contributed by atoms with Gasteiger partial charge in [-0.2, -0.15) is 0 Å². The molecule has 4 nitrogen and oxygen atoms in total. The Morgan fingerprint density at radius 1 is 1.19 bits per heavy atom. The summed E-state index contributed by atoms with van der Waals surface area (Å²) in [5.74, 6) is 0.0259. The lowest BCUT2D eigenvalue weighted by Gasteiger charge is -2.14. The lowest BCUT2D eigenvalue weighted by atomic mass is 10.00. The third-order valence-electron chi connectivity index (χ3n) is 3.25. The molecule has 0 fully saturated rings. The second-order valence-corrected chi connectivity index (χ2v) is 4.90.